The maximum atomic E-state index is 10.5. The van der Waals surface area contributed by atoms with Crippen LogP contribution in [0.1, 0.15) is 140 Å². The van der Waals surface area contributed by atoms with E-state index < -0.39 is 14.6 Å². The molecule has 0 saturated heterocycles. The number of rotatable bonds is 8. The predicted molar refractivity (Wildman–Crippen MR) is 164 cm³/mol. The quantitative estimate of drug-likeness (QED) is 0.303. The van der Waals surface area contributed by atoms with E-state index in [1.165, 1.54) is 51.4 Å². The molecule has 0 bridgehead atoms. The average Bonchev–Trinajstić information content (AvgIpc) is 3.17. The first-order valence-electron chi connectivity index (χ1n) is 16.7. The molecule has 2 unspecified atom stereocenters. The Labute approximate surface area is 244 Å². The van der Waals surface area contributed by atoms with E-state index in [1.54, 1.807) is 0 Å². The first-order chi connectivity index (χ1) is 18.0. The summed E-state index contributed by atoms with van der Waals surface area (Å²) in [5.41, 5.74) is 0.799. The second kappa shape index (κ2) is 11.4. The summed E-state index contributed by atoms with van der Waals surface area (Å²) in [4.78, 5) is 0. The molecule has 0 amide bonds. The van der Waals surface area contributed by atoms with E-state index >= 15 is 0 Å². The zero-order valence-electron chi connectivity index (χ0n) is 27.3. The SMILES string of the molecule is CC(C)[Si](O[C@H]1CC[C@@]2(C)C(CC[C@H]3[C@@H]4CC[C@H]([C@H](C)CCCC(C)(C)O)[C@@]4(C)CC[C@@H]32)C1C#N)C(C)(C)C. The van der Waals surface area contributed by atoms with Crippen molar-refractivity contribution in [3.05, 3.63) is 0 Å². The van der Waals surface area contributed by atoms with E-state index in [-0.39, 0.29) is 17.1 Å². The Hall–Kier alpha value is -0.373. The van der Waals surface area contributed by atoms with Gasteiger partial charge in [-0.25, -0.2) is 0 Å². The molecule has 1 radical (unpaired) electrons. The molecular weight excluding hydrogens is 494 g/mol. The number of hydrogen-bond donors (Lipinski definition) is 1. The fraction of sp³-hybridized carbons (Fsp3) is 0.971. The summed E-state index contributed by atoms with van der Waals surface area (Å²) in [7, 11) is -1.01. The summed E-state index contributed by atoms with van der Waals surface area (Å²) in [5, 5.41) is 20.9. The lowest BCUT2D eigenvalue weighted by Crippen LogP contribution is -2.57. The highest BCUT2D eigenvalue weighted by molar-refractivity contribution is 6.56. The molecule has 4 aliphatic rings. The van der Waals surface area contributed by atoms with Gasteiger partial charge < -0.3 is 9.53 Å². The van der Waals surface area contributed by atoms with Gasteiger partial charge >= 0.3 is 0 Å². The fourth-order valence-corrected chi connectivity index (χ4v) is 14.0. The van der Waals surface area contributed by atoms with E-state index in [0.717, 1.165) is 48.9 Å². The van der Waals surface area contributed by atoms with Gasteiger partial charge in [-0.3, -0.25) is 0 Å². The molecule has 0 aromatic carbocycles. The van der Waals surface area contributed by atoms with Crippen LogP contribution < -0.4 is 0 Å². The number of aliphatic hydroxyl groups is 1. The molecule has 0 spiro atoms. The largest absolute Gasteiger partial charge is 0.412 e. The molecule has 4 saturated carbocycles. The third-order valence-electron chi connectivity index (χ3n) is 12.6. The zero-order valence-corrected chi connectivity index (χ0v) is 28.3. The maximum Gasteiger partial charge on any atom is 0.220 e. The molecule has 0 aromatic heterocycles. The molecule has 4 heteroatoms. The van der Waals surface area contributed by atoms with Crippen LogP contribution in [-0.2, 0) is 4.43 Å². The number of hydrogen-bond acceptors (Lipinski definition) is 3. The van der Waals surface area contributed by atoms with E-state index in [9.17, 15) is 10.4 Å². The average molecular weight is 557 g/mol. The predicted octanol–water partition coefficient (Wildman–Crippen LogP) is 9.56. The smallest absolute Gasteiger partial charge is 0.220 e. The molecule has 0 aliphatic heterocycles. The van der Waals surface area contributed by atoms with Crippen LogP contribution in [0, 0.1) is 63.6 Å². The van der Waals surface area contributed by atoms with Crippen LogP contribution in [0.5, 0.6) is 0 Å². The normalized spacial score (nSPS) is 41.6. The van der Waals surface area contributed by atoms with E-state index in [2.05, 4.69) is 61.5 Å². The van der Waals surface area contributed by atoms with Crippen LogP contribution in [0.2, 0.25) is 10.6 Å². The lowest BCUT2D eigenvalue weighted by molar-refractivity contribution is -0.140. The molecule has 10 atom stereocenters. The lowest BCUT2D eigenvalue weighted by Gasteiger charge is -2.62. The van der Waals surface area contributed by atoms with Crippen molar-refractivity contribution in [2.24, 2.45) is 52.3 Å². The van der Waals surface area contributed by atoms with Crippen LogP contribution in [0.3, 0.4) is 0 Å². The summed E-state index contributed by atoms with van der Waals surface area (Å²) in [6, 6.07) is 2.85. The molecule has 0 heterocycles. The Morgan fingerprint density at radius 3 is 2.10 bits per heavy atom. The van der Waals surface area contributed by atoms with Crippen LogP contribution in [0.4, 0.5) is 0 Å². The monoisotopic (exact) mass is 556 g/mol. The first-order valence-corrected chi connectivity index (χ1v) is 18.2. The van der Waals surface area contributed by atoms with E-state index in [0.29, 0.717) is 22.3 Å². The van der Waals surface area contributed by atoms with E-state index in [4.69, 9.17) is 4.43 Å². The van der Waals surface area contributed by atoms with E-state index in [1.807, 2.05) is 13.8 Å². The van der Waals surface area contributed by atoms with Gasteiger partial charge in [-0.1, -0.05) is 68.2 Å². The summed E-state index contributed by atoms with van der Waals surface area (Å²) < 4.78 is 6.99. The molecular formula is C35H62NO2Si. The third kappa shape index (κ3) is 6.08. The Morgan fingerprint density at radius 1 is 0.897 bits per heavy atom. The number of fused-ring (bicyclic) bond motifs is 5. The summed E-state index contributed by atoms with van der Waals surface area (Å²) in [6.07, 6.45) is 13.9. The molecule has 223 valence electrons. The molecule has 4 rings (SSSR count). The van der Waals surface area contributed by atoms with Crippen molar-refractivity contribution < 1.29 is 9.53 Å². The Balaban J connectivity index is 1.47. The van der Waals surface area contributed by atoms with Gasteiger partial charge in [0.2, 0.25) is 9.04 Å². The molecule has 4 aliphatic carbocycles. The second-order valence-electron chi connectivity index (χ2n) is 17.1. The molecule has 39 heavy (non-hydrogen) atoms. The van der Waals surface area contributed by atoms with Crippen molar-refractivity contribution in [2.45, 2.75) is 162 Å². The van der Waals surface area contributed by atoms with Gasteiger partial charge in [0.25, 0.3) is 0 Å². The summed E-state index contributed by atoms with van der Waals surface area (Å²) >= 11 is 0. The van der Waals surface area contributed by atoms with Crippen LogP contribution in [0.15, 0.2) is 0 Å². The standard InChI is InChI=1S/C35H62NO2Si/c1-23(2)39(32(4,5)6)38-31-18-21-35(10)29(26(31)22-36)14-13-25-28-16-15-27(34(28,9)20-17-30(25)35)24(3)12-11-19-33(7,8)37/h23-31,37H,11-21H2,1-10H3/t24-,25+,26?,27-,28+,29?,30+,31+,34-,35+/m1/s1. The van der Waals surface area contributed by atoms with Crippen LogP contribution >= 0.6 is 0 Å². The highest BCUT2D eigenvalue weighted by atomic mass is 28.3. The van der Waals surface area contributed by atoms with Gasteiger partial charge in [0.1, 0.15) is 0 Å². The topological polar surface area (TPSA) is 53.2 Å². The molecule has 4 fully saturated rings. The Morgan fingerprint density at radius 2 is 1.51 bits per heavy atom. The van der Waals surface area contributed by atoms with Gasteiger partial charge in [0, 0.05) is 0 Å². The molecule has 0 aromatic rings. The van der Waals surface area contributed by atoms with Gasteiger partial charge in [0.15, 0.2) is 0 Å². The zero-order chi connectivity index (χ0) is 29.0. The maximum absolute atomic E-state index is 10.5. The van der Waals surface area contributed by atoms with Crippen molar-refractivity contribution in [3.8, 4) is 6.07 Å². The minimum absolute atomic E-state index is 0.0613. The molecule has 3 nitrogen and oxygen atoms in total. The van der Waals surface area contributed by atoms with Crippen molar-refractivity contribution in [3.63, 3.8) is 0 Å². The van der Waals surface area contributed by atoms with Gasteiger partial charge in [0.05, 0.1) is 23.7 Å². The van der Waals surface area contributed by atoms with Crippen molar-refractivity contribution in [2.75, 3.05) is 0 Å². The first kappa shape index (κ1) is 31.6. The lowest BCUT2D eigenvalue weighted by atomic mass is 9.43. The Kier molecular flexibility index (Phi) is 9.20. The number of nitriles is 1. The Bertz CT molecular complexity index is 883. The summed E-state index contributed by atoms with van der Waals surface area (Å²) in [6.45, 7) is 23.3. The minimum atomic E-state index is -1.01. The van der Waals surface area contributed by atoms with Crippen molar-refractivity contribution >= 4 is 9.04 Å². The van der Waals surface area contributed by atoms with Gasteiger partial charge in [-0.2, -0.15) is 5.26 Å². The van der Waals surface area contributed by atoms with Crippen molar-refractivity contribution in [1.82, 2.24) is 0 Å². The summed E-state index contributed by atoms with van der Waals surface area (Å²) in [5.74, 6) is 4.64. The van der Waals surface area contributed by atoms with Crippen LogP contribution in [-0.4, -0.2) is 25.9 Å². The second-order valence-corrected chi connectivity index (χ2v) is 20.7. The minimum Gasteiger partial charge on any atom is -0.412 e. The highest BCUT2D eigenvalue weighted by Crippen LogP contribution is 2.69. The highest BCUT2D eigenvalue weighted by Gasteiger charge is 2.62. The van der Waals surface area contributed by atoms with Gasteiger partial charge in [-0.05, 0) is 129 Å². The van der Waals surface area contributed by atoms with Crippen molar-refractivity contribution in [1.29, 1.82) is 5.26 Å². The molecule has 1 N–H and O–H groups in total. The van der Waals surface area contributed by atoms with Gasteiger partial charge in [-0.15, -0.1) is 0 Å². The fourth-order valence-electron chi connectivity index (χ4n) is 11.0. The third-order valence-corrected chi connectivity index (χ3v) is 15.7. The van der Waals surface area contributed by atoms with Crippen LogP contribution in [0.25, 0.3) is 0 Å². The number of nitrogens with zero attached hydrogens (tertiary/aromatic N) is 1.